The maximum Gasteiger partial charge on any atom is 0.182 e. The molecule has 11 heavy (non-hydrogen) atoms. The molecule has 0 saturated heterocycles. The van der Waals surface area contributed by atoms with E-state index in [1.165, 1.54) is 0 Å². The van der Waals surface area contributed by atoms with Crippen molar-refractivity contribution in [1.29, 1.82) is 0 Å². The van der Waals surface area contributed by atoms with Gasteiger partial charge in [0.25, 0.3) is 0 Å². The molecule has 0 rings (SSSR count). The predicted molar refractivity (Wildman–Crippen MR) is 46.4 cm³/mol. The van der Waals surface area contributed by atoms with Crippen molar-refractivity contribution >= 4 is 0 Å². The minimum atomic E-state index is -0.240. The maximum atomic E-state index is 5.06. The molecule has 0 spiro atoms. The van der Waals surface area contributed by atoms with Gasteiger partial charge in [0, 0.05) is 19.8 Å². The summed E-state index contributed by atoms with van der Waals surface area (Å²) in [5.41, 5.74) is 1.04. The lowest BCUT2D eigenvalue weighted by Gasteiger charge is -2.13. The standard InChI is InChI=1S/C9H16O2/c1-5-7-8(6-2)9(10-3)11-4/h5-7,9H,1-4H3/b7-5-,8-6?. The average Bonchev–Trinajstić information content (AvgIpc) is 2.05. The Kier molecular flexibility index (Phi) is 5.80. The van der Waals surface area contributed by atoms with E-state index in [0.29, 0.717) is 0 Å². The Morgan fingerprint density at radius 1 is 1.18 bits per heavy atom. The van der Waals surface area contributed by atoms with Crippen LogP contribution in [0.25, 0.3) is 0 Å². The molecule has 2 nitrogen and oxygen atoms in total. The van der Waals surface area contributed by atoms with Crippen LogP contribution in [0.1, 0.15) is 13.8 Å². The van der Waals surface area contributed by atoms with E-state index in [1.807, 2.05) is 32.1 Å². The molecule has 0 N–H and O–H groups in total. The van der Waals surface area contributed by atoms with Crippen molar-refractivity contribution in [2.45, 2.75) is 20.1 Å². The number of rotatable bonds is 4. The molecule has 64 valence electrons. The monoisotopic (exact) mass is 156 g/mol. The van der Waals surface area contributed by atoms with E-state index in [-0.39, 0.29) is 6.29 Å². The minimum Gasteiger partial charge on any atom is -0.352 e. The van der Waals surface area contributed by atoms with E-state index in [1.54, 1.807) is 14.2 Å². The summed E-state index contributed by atoms with van der Waals surface area (Å²) in [5.74, 6) is 0. The third-order valence-corrected chi connectivity index (χ3v) is 1.39. The van der Waals surface area contributed by atoms with Gasteiger partial charge < -0.3 is 9.47 Å². The summed E-state index contributed by atoms with van der Waals surface area (Å²) in [6, 6.07) is 0. The summed E-state index contributed by atoms with van der Waals surface area (Å²) in [4.78, 5) is 0. The summed E-state index contributed by atoms with van der Waals surface area (Å²) in [5, 5.41) is 0. The first-order chi connectivity index (χ1) is 5.29. The van der Waals surface area contributed by atoms with Crippen molar-refractivity contribution in [3.63, 3.8) is 0 Å². The Balaban J connectivity index is 4.22. The van der Waals surface area contributed by atoms with Crippen molar-refractivity contribution in [2.24, 2.45) is 0 Å². The zero-order valence-electron chi connectivity index (χ0n) is 7.63. The summed E-state index contributed by atoms with van der Waals surface area (Å²) < 4.78 is 10.1. The molecule has 0 amide bonds. The fraction of sp³-hybridized carbons (Fsp3) is 0.556. The Morgan fingerprint density at radius 2 is 1.73 bits per heavy atom. The van der Waals surface area contributed by atoms with Gasteiger partial charge in [-0.15, -0.1) is 0 Å². The number of methoxy groups -OCH3 is 2. The highest BCUT2D eigenvalue weighted by Crippen LogP contribution is 2.07. The summed E-state index contributed by atoms with van der Waals surface area (Å²) in [6.07, 6.45) is 5.66. The summed E-state index contributed by atoms with van der Waals surface area (Å²) >= 11 is 0. The average molecular weight is 156 g/mol. The molecular weight excluding hydrogens is 140 g/mol. The molecule has 0 unspecified atom stereocenters. The van der Waals surface area contributed by atoms with E-state index < -0.39 is 0 Å². The van der Waals surface area contributed by atoms with Crippen LogP contribution >= 0.6 is 0 Å². The van der Waals surface area contributed by atoms with Gasteiger partial charge in [0.1, 0.15) is 0 Å². The maximum absolute atomic E-state index is 5.06. The topological polar surface area (TPSA) is 18.5 Å². The lowest BCUT2D eigenvalue weighted by molar-refractivity contribution is -0.0725. The number of hydrogen-bond acceptors (Lipinski definition) is 2. The Hall–Kier alpha value is -0.600. The Labute approximate surface area is 68.5 Å². The first kappa shape index (κ1) is 10.4. The number of allylic oxidation sites excluding steroid dienone is 2. The highest BCUT2D eigenvalue weighted by molar-refractivity contribution is 5.19. The smallest absolute Gasteiger partial charge is 0.182 e. The summed E-state index contributed by atoms with van der Waals surface area (Å²) in [7, 11) is 3.25. The van der Waals surface area contributed by atoms with Crippen molar-refractivity contribution in [3.8, 4) is 0 Å². The zero-order chi connectivity index (χ0) is 8.69. The van der Waals surface area contributed by atoms with Crippen molar-refractivity contribution in [1.82, 2.24) is 0 Å². The minimum absolute atomic E-state index is 0.240. The Bertz CT molecular complexity index is 144. The van der Waals surface area contributed by atoms with Gasteiger partial charge in [-0.1, -0.05) is 18.2 Å². The number of ether oxygens (including phenoxy) is 2. The molecule has 0 aromatic carbocycles. The van der Waals surface area contributed by atoms with E-state index in [9.17, 15) is 0 Å². The van der Waals surface area contributed by atoms with E-state index in [2.05, 4.69) is 0 Å². The van der Waals surface area contributed by atoms with Crippen LogP contribution in [-0.4, -0.2) is 20.5 Å². The zero-order valence-corrected chi connectivity index (χ0v) is 7.63. The van der Waals surface area contributed by atoms with Gasteiger partial charge in [-0.3, -0.25) is 0 Å². The van der Waals surface area contributed by atoms with Crippen molar-refractivity contribution in [3.05, 3.63) is 23.8 Å². The highest BCUT2D eigenvalue weighted by Gasteiger charge is 2.06. The van der Waals surface area contributed by atoms with Crippen molar-refractivity contribution in [2.75, 3.05) is 14.2 Å². The molecule has 0 radical (unpaired) electrons. The molecule has 0 aliphatic carbocycles. The predicted octanol–water partition coefficient (Wildman–Crippen LogP) is 2.13. The third-order valence-electron chi connectivity index (χ3n) is 1.39. The molecule has 2 heteroatoms. The second kappa shape index (κ2) is 6.13. The quantitative estimate of drug-likeness (QED) is 0.458. The van der Waals surface area contributed by atoms with E-state index in [0.717, 1.165) is 5.57 Å². The van der Waals surface area contributed by atoms with Gasteiger partial charge in [0.15, 0.2) is 6.29 Å². The van der Waals surface area contributed by atoms with Crippen LogP contribution in [0.15, 0.2) is 23.8 Å². The molecule has 0 heterocycles. The van der Waals surface area contributed by atoms with Crippen LogP contribution in [-0.2, 0) is 9.47 Å². The van der Waals surface area contributed by atoms with Gasteiger partial charge >= 0.3 is 0 Å². The van der Waals surface area contributed by atoms with Crippen LogP contribution in [0.5, 0.6) is 0 Å². The van der Waals surface area contributed by atoms with Gasteiger partial charge in [-0.05, 0) is 13.8 Å². The SMILES string of the molecule is CC=C(/C=C\C)C(OC)OC. The molecule has 0 aromatic rings. The molecule has 0 fully saturated rings. The normalized spacial score (nSPS) is 13.4. The fourth-order valence-corrected chi connectivity index (χ4v) is 0.872. The lowest BCUT2D eigenvalue weighted by atomic mass is 10.2. The van der Waals surface area contributed by atoms with Gasteiger partial charge in [0.2, 0.25) is 0 Å². The van der Waals surface area contributed by atoms with Crippen LogP contribution in [0.2, 0.25) is 0 Å². The molecule has 0 bridgehead atoms. The van der Waals surface area contributed by atoms with Gasteiger partial charge in [-0.25, -0.2) is 0 Å². The highest BCUT2D eigenvalue weighted by atomic mass is 16.7. The van der Waals surface area contributed by atoms with Crippen LogP contribution in [0.4, 0.5) is 0 Å². The summed E-state index contributed by atoms with van der Waals surface area (Å²) in [6.45, 7) is 3.92. The molecule has 0 aliphatic rings. The third kappa shape index (κ3) is 3.35. The lowest BCUT2D eigenvalue weighted by Crippen LogP contribution is -2.14. The molecule has 0 saturated carbocycles. The van der Waals surface area contributed by atoms with Gasteiger partial charge in [-0.2, -0.15) is 0 Å². The number of hydrogen-bond donors (Lipinski definition) is 0. The second-order valence-electron chi connectivity index (χ2n) is 2.09. The van der Waals surface area contributed by atoms with Crippen LogP contribution in [0, 0.1) is 0 Å². The molecule has 0 aromatic heterocycles. The van der Waals surface area contributed by atoms with Crippen molar-refractivity contribution < 1.29 is 9.47 Å². The molecule has 0 atom stereocenters. The molecule has 0 aliphatic heterocycles. The van der Waals surface area contributed by atoms with E-state index in [4.69, 9.17) is 9.47 Å². The fourth-order valence-electron chi connectivity index (χ4n) is 0.872. The second-order valence-corrected chi connectivity index (χ2v) is 2.09. The van der Waals surface area contributed by atoms with Gasteiger partial charge in [0.05, 0.1) is 0 Å². The van der Waals surface area contributed by atoms with Crippen LogP contribution in [0.3, 0.4) is 0 Å². The first-order valence-corrected chi connectivity index (χ1v) is 3.64. The molecular formula is C9H16O2. The van der Waals surface area contributed by atoms with Crippen LogP contribution < -0.4 is 0 Å². The Morgan fingerprint density at radius 3 is 2.00 bits per heavy atom. The largest absolute Gasteiger partial charge is 0.352 e. The first-order valence-electron chi connectivity index (χ1n) is 3.64. The van der Waals surface area contributed by atoms with E-state index >= 15 is 0 Å².